The Morgan fingerprint density at radius 3 is 2.02 bits per heavy atom. The van der Waals surface area contributed by atoms with Crippen LogP contribution < -0.4 is 20.7 Å². The number of benzene rings is 3. The summed E-state index contributed by atoms with van der Waals surface area (Å²) in [5.74, 6) is -2.52. The molecule has 0 unspecified atom stereocenters. The van der Waals surface area contributed by atoms with E-state index < -0.39 is 103 Å². The van der Waals surface area contributed by atoms with E-state index in [1.54, 1.807) is 78.9 Å². The molecule has 0 aliphatic carbocycles. The third kappa shape index (κ3) is 6.81. The molecule has 7 atom stereocenters. The average Bonchev–Trinajstić information content (AvgIpc) is 3.61. The number of aromatic nitrogens is 2. The quantitative estimate of drug-likeness (QED) is 0.163. The number of H-pyrrole nitrogens is 1. The molecular formula is C40H42F3N3O11. The van der Waals surface area contributed by atoms with Crippen LogP contribution >= 0.6 is 0 Å². The number of carbonyl (C=O) groups is 1. The van der Waals surface area contributed by atoms with Crippen LogP contribution in [0.3, 0.4) is 0 Å². The van der Waals surface area contributed by atoms with Gasteiger partial charge >= 0.3 is 17.8 Å². The summed E-state index contributed by atoms with van der Waals surface area (Å²) in [6.45, 7) is -1.47. The molecule has 3 saturated heterocycles. The highest BCUT2D eigenvalue weighted by Crippen LogP contribution is 2.53. The van der Waals surface area contributed by atoms with Crippen molar-refractivity contribution in [3.8, 4) is 11.5 Å². The number of methoxy groups -OCH3 is 2. The number of halogens is 3. The van der Waals surface area contributed by atoms with Crippen LogP contribution in [0.1, 0.15) is 28.7 Å². The number of aryl methyl sites for hydroxylation is 1. The predicted octanol–water partition coefficient (Wildman–Crippen LogP) is 2.19. The number of fused-ring (bicyclic) bond motifs is 2. The number of carbonyl (C=O) groups excluding carboxylic acids is 1. The first-order chi connectivity index (χ1) is 27.1. The van der Waals surface area contributed by atoms with Crippen LogP contribution in [-0.2, 0) is 30.3 Å². The summed E-state index contributed by atoms with van der Waals surface area (Å²) in [5.41, 5.74) is -5.78. The number of nitrogens with zero attached hydrogens (tertiary/aromatic N) is 2. The Morgan fingerprint density at radius 1 is 0.912 bits per heavy atom. The van der Waals surface area contributed by atoms with Gasteiger partial charge in [-0.3, -0.25) is 19.1 Å². The summed E-state index contributed by atoms with van der Waals surface area (Å²) in [6.07, 6.45) is -10.5. The van der Waals surface area contributed by atoms with E-state index in [9.17, 15) is 42.9 Å². The van der Waals surface area contributed by atoms with Crippen LogP contribution in [0.15, 0.2) is 94.6 Å². The highest BCUT2D eigenvalue weighted by molar-refractivity contribution is 5.82. The van der Waals surface area contributed by atoms with Crippen molar-refractivity contribution in [3.63, 3.8) is 0 Å². The van der Waals surface area contributed by atoms with Crippen LogP contribution in [0.25, 0.3) is 0 Å². The SMILES string of the molecule is COc1ccc(C(OC[C@@]23CN(C(=O)C(F)(F)F)C[C@@H]([C@H]([C@]4(n5cc(C)c(=O)[nH]c5=O)C[C@H](O)[C@@H](CO)O4)O2)[C@@H]3O)(c2ccccc2)c2ccc(OC)cc2)cc1. The molecule has 4 N–H and O–H groups in total. The molecule has 17 heteroatoms. The number of hydrogen-bond acceptors (Lipinski definition) is 11. The Labute approximate surface area is 323 Å². The normalized spacial score (nSPS) is 27.4. The summed E-state index contributed by atoms with van der Waals surface area (Å²) < 4.78 is 74.4. The van der Waals surface area contributed by atoms with E-state index in [2.05, 4.69) is 4.98 Å². The van der Waals surface area contributed by atoms with Gasteiger partial charge in [-0.05, 0) is 47.9 Å². The number of aliphatic hydroxyl groups excluding tert-OH is 3. The Hall–Kier alpha value is -5.04. The summed E-state index contributed by atoms with van der Waals surface area (Å²) >= 11 is 0. The number of hydrogen-bond donors (Lipinski definition) is 4. The molecule has 304 valence electrons. The number of ether oxygens (including phenoxy) is 5. The number of aliphatic hydroxyl groups is 3. The van der Waals surface area contributed by atoms with E-state index in [1.807, 2.05) is 0 Å². The highest BCUT2D eigenvalue weighted by atomic mass is 19.4. The van der Waals surface area contributed by atoms with Gasteiger partial charge in [0.25, 0.3) is 5.56 Å². The molecule has 0 saturated carbocycles. The average molecular weight is 798 g/mol. The first-order valence-corrected chi connectivity index (χ1v) is 18.1. The van der Waals surface area contributed by atoms with Gasteiger partial charge in [0.1, 0.15) is 34.9 Å². The maximum absolute atomic E-state index is 14.2. The van der Waals surface area contributed by atoms with Gasteiger partial charge in [0, 0.05) is 30.6 Å². The van der Waals surface area contributed by atoms with Gasteiger partial charge < -0.3 is 43.9 Å². The van der Waals surface area contributed by atoms with E-state index in [0.717, 1.165) is 10.8 Å². The Kier molecular flexibility index (Phi) is 10.6. The largest absolute Gasteiger partial charge is 0.497 e. The second kappa shape index (κ2) is 15.0. The molecule has 3 aliphatic rings. The van der Waals surface area contributed by atoms with Crippen LogP contribution in [0.4, 0.5) is 13.2 Å². The van der Waals surface area contributed by atoms with E-state index >= 15 is 0 Å². The molecule has 3 aromatic carbocycles. The minimum atomic E-state index is -5.31. The predicted molar refractivity (Wildman–Crippen MR) is 195 cm³/mol. The van der Waals surface area contributed by atoms with Crippen molar-refractivity contribution in [3.05, 3.63) is 128 Å². The second-order valence-corrected chi connectivity index (χ2v) is 14.6. The van der Waals surface area contributed by atoms with E-state index in [1.165, 1.54) is 21.1 Å². The lowest BCUT2D eigenvalue weighted by Crippen LogP contribution is -2.63. The van der Waals surface area contributed by atoms with E-state index in [4.69, 9.17) is 23.7 Å². The van der Waals surface area contributed by atoms with Crippen molar-refractivity contribution in [2.24, 2.45) is 5.92 Å². The van der Waals surface area contributed by atoms with Gasteiger partial charge in [-0.25, -0.2) is 4.79 Å². The first-order valence-electron chi connectivity index (χ1n) is 18.1. The topological polar surface area (TPSA) is 182 Å². The monoisotopic (exact) mass is 797 g/mol. The van der Waals surface area contributed by atoms with Crippen LogP contribution in [0.5, 0.6) is 11.5 Å². The zero-order valence-electron chi connectivity index (χ0n) is 31.1. The first kappa shape index (κ1) is 40.2. The lowest BCUT2D eigenvalue weighted by Gasteiger charge is -2.44. The summed E-state index contributed by atoms with van der Waals surface area (Å²) in [6, 6.07) is 22.8. The Balaban J connectivity index is 1.41. The second-order valence-electron chi connectivity index (χ2n) is 14.6. The van der Waals surface area contributed by atoms with Crippen molar-refractivity contribution < 1.29 is 57.0 Å². The molecule has 14 nitrogen and oxygen atoms in total. The standard InChI is InChI=1S/C40H42F3N3O11/c1-23-18-46(36(52)44-34(23)50)38(17-30(48)31(20-47)56-38)33-29-19-45(35(51)40(41,42)43)21-37(57-33,32(29)49)22-55-39(24-7-5-4-6-8-24,25-9-13-27(53-2)14-10-25)26-11-15-28(54-3)16-12-26/h4-16,18,29-33,47-49H,17,19-22H2,1-3H3,(H,44,50,52)/t29-,30+,31-,32+,33-,37-,38+/m1/s1. The molecule has 2 bridgehead atoms. The minimum Gasteiger partial charge on any atom is -0.497 e. The van der Waals surface area contributed by atoms with Crippen molar-refractivity contribution in [1.29, 1.82) is 0 Å². The molecule has 0 radical (unpaired) electrons. The van der Waals surface area contributed by atoms with Crippen LogP contribution in [-0.4, -0.2) is 112 Å². The van der Waals surface area contributed by atoms with Crippen LogP contribution in [0, 0.1) is 12.8 Å². The number of aromatic amines is 1. The lowest BCUT2D eigenvalue weighted by atomic mass is 9.78. The van der Waals surface area contributed by atoms with Crippen molar-refractivity contribution in [1.82, 2.24) is 14.5 Å². The maximum atomic E-state index is 14.2. The summed E-state index contributed by atoms with van der Waals surface area (Å²) in [7, 11) is 3.01. The smallest absolute Gasteiger partial charge is 0.471 e. The molecule has 57 heavy (non-hydrogen) atoms. The Bertz CT molecular complexity index is 2150. The van der Waals surface area contributed by atoms with Crippen molar-refractivity contribution in [2.45, 2.75) is 60.9 Å². The van der Waals surface area contributed by atoms with Gasteiger partial charge in [-0.15, -0.1) is 0 Å². The van der Waals surface area contributed by atoms with Gasteiger partial charge in [0.2, 0.25) is 0 Å². The molecule has 1 aromatic heterocycles. The molecule has 4 aromatic rings. The third-order valence-electron chi connectivity index (χ3n) is 11.3. The molecule has 0 spiro atoms. The van der Waals surface area contributed by atoms with Gasteiger partial charge in [0.15, 0.2) is 5.72 Å². The molecular weight excluding hydrogens is 755 g/mol. The number of piperidine rings is 1. The Morgan fingerprint density at radius 2 is 1.49 bits per heavy atom. The van der Waals surface area contributed by atoms with E-state index in [0.29, 0.717) is 33.1 Å². The molecule has 4 heterocycles. The number of rotatable bonds is 11. The summed E-state index contributed by atoms with van der Waals surface area (Å²) in [4.78, 5) is 41.7. The molecule has 1 amide bonds. The van der Waals surface area contributed by atoms with Gasteiger partial charge in [0.05, 0.1) is 46.2 Å². The summed E-state index contributed by atoms with van der Waals surface area (Å²) in [5, 5.41) is 33.5. The van der Waals surface area contributed by atoms with Crippen molar-refractivity contribution in [2.75, 3.05) is 40.5 Å². The third-order valence-corrected chi connectivity index (χ3v) is 11.3. The fourth-order valence-electron chi connectivity index (χ4n) is 8.47. The van der Waals surface area contributed by atoms with Gasteiger partial charge in [-0.2, -0.15) is 13.2 Å². The number of nitrogens with one attached hydrogen (secondary N) is 1. The fourth-order valence-corrected chi connectivity index (χ4v) is 8.47. The highest BCUT2D eigenvalue weighted by Gasteiger charge is 2.69. The number of likely N-dealkylation sites (tertiary alicyclic amines) is 1. The van der Waals surface area contributed by atoms with E-state index in [-0.39, 0.29) is 5.56 Å². The minimum absolute atomic E-state index is 0.0413. The molecule has 3 aliphatic heterocycles. The molecule has 3 fully saturated rings. The number of amides is 1. The fraction of sp³-hybridized carbons (Fsp3) is 0.425. The lowest BCUT2D eigenvalue weighted by molar-refractivity contribution is -0.224. The van der Waals surface area contributed by atoms with Gasteiger partial charge in [-0.1, -0.05) is 54.6 Å². The maximum Gasteiger partial charge on any atom is 0.471 e. The zero-order valence-corrected chi connectivity index (χ0v) is 31.1. The number of alkyl halides is 3. The van der Waals surface area contributed by atoms with Crippen molar-refractivity contribution >= 4 is 5.91 Å². The van der Waals surface area contributed by atoms with Crippen LogP contribution in [0.2, 0.25) is 0 Å². The zero-order chi connectivity index (χ0) is 40.9. The molecule has 7 rings (SSSR count).